The fraction of sp³-hybridized carbons (Fsp3) is 0.533. The predicted octanol–water partition coefficient (Wildman–Crippen LogP) is 2.64. The van der Waals surface area contributed by atoms with Crippen LogP contribution >= 0.6 is 35.7 Å². The summed E-state index contributed by atoms with van der Waals surface area (Å²) in [5.74, 6) is 1.10. The summed E-state index contributed by atoms with van der Waals surface area (Å²) in [6.07, 6.45) is 2.07. The summed E-state index contributed by atoms with van der Waals surface area (Å²) >= 11 is 1.78. The van der Waals surface area contributed by atoms with Gasteiger partial charge in [0, 0.05) is 51.6 Å². The Balaban J connectivity index is 0.00000264. The summed E-state index contributed by atoms with van der Waals surface area (Å²) in [5, 5.41) is 3.32. The fourth-order valence-corrected chi connectivity index (χ4v) is 2.79. The number of hydrogen-bond donors (Lipinski definition) is 1. The van der Waals surface area contributed by atoms with E-state index < -0.39 is 5.82 Å². The van der Waals surface area contributed by atoms with E-state index in [-0.39, 0.29) is 29.8 Å². The minimum absolute atomic E-state index is 0. The largest absolute Gasteiger partial charge is 0.366 e. The number of rotatable bonds is 4. The zero-order valence-electron chi connectivity index (χ0n) is 13.4. The summed E-state index contributed by atoms with van der Waals surface area (Å²) in [4.78, 5) is 8.31. The van der Waals surface area contributed by atoms with Gasteiger partial charge in [0.25, 0.3) is 0 Å². The summed E-state index contributed by atoms with van der Waals surface area (Å²) in [6.45, 7) is 3.61. The molecule has 23 heavy (non-hydrogen) atoms. The normalized spacial score (nSPS) is 15.4. The Morgan fingerprint density at radius 2 is 1.96 bits per heavy atom. The number of guanidine groups is 1. The van der Waals surface area contributed by atoms with Crippen molar-refractivity contribution in [2.24, 2.45) is 4.99 Å². The smallest absolute Gasteiger partial charge is 0.193 e. The monoisotopic (exact) mass is 456 g/mol. The molecular formula is C15H23F2IN4S. The molecule has 8 heteroatoms. The van der Waals surface area contributed by atoms with Crippen LogP contribution in [0.4, 0.5) is 14.5 Å². The SMILES string of the molecule is CN=C(NCCSC)N1CCN(c2cc(F)ccc2F)CC1.I. The topological polar surface area (TPSA) is 30.9 Å². The third kappa shape index (κ3) is 5.66. The molecule has 1 heterocycles. The molecule has 1 N–H and O–H groups in total. The Hall–Kier alpha value is -0.770. The molecule has 1 aliphatic heterocycles. The van der Waals surface area contributed by atoms with E-state index in [1.54, 1.807) is 18.8 Å². The molecule has 0 saturated carbocycles. The fourth-order valence-electron chi connectivity index (χ4n) is 2.48. The molecule has 0 aliphatic carbocycles. The highest BCUT2D eigenvalue weighted by Crippen LogP contribution is 2.21. The van der Waals surface area contributed by atoms with Gasteiger partial charge in [-0.15, -0.1) is 24.0 Å². The number of nitrogens with zero attached hydrogens (tertiary/aromatic N) is 3. The van der Waals surface area contributed by atoms with E-state index in [1.807, 2.05) is 4.90 Å². The van der Waals surface area contributed by atoms with Crippen molar-refractivity contribution < 1.29 is 8.78 Å². The zero-order chi connectivity index (χ0) is 15.9. The molecule has 2 rings (SSSR count). The van der Waals surface area contributed by atoms with E-state index in [0.29, 0.717) is 18.8 Å². The van der Waals surface area contributed by atoms with Crippen molar-refractivity contribution in [3.8, 4) is 0 Å². The number of halogens is 3. The maximum Gasteiger partial charge on any atom is 0.193 e. The lowest BCUT2D eigenvalue weighted by Gasteiger charge is -2.37. The first-order chi connectivity index (χ1) is 10.7. The number of anilines is 1. The molecule has 1 aromatic rings. The van der Waals surface area contributed by atoms with Gasteiger partial charge in [-0.3, -0.25) is 4.99 Å². The van der Waals surface area contributed by atoms with Crippen LogP contribution in [0, 0.1) is 11.6 Å². The number of benzene rings is 1. The van der Waals surface area contributed by atoms with Crippen LogP contribution in [0.3, 0.4) is 0 Å². The summed E-state index contributed by atoms with van der Waals surface area (Å²) in [7, 11) is 1.76. The second kappa shape index (κ2) is 10.2. The van der Waals surface area contributed by atoms with Crippen molar-refractivity contribution in [2.45, 2.75) is 0 Å². The van der Waals surface area contributed by atoms with Crippen LogP contribution in [0.25, 0.3) is 0 Å². The second-order valence-corrected chi connectivity index (χ2v) is 6.02. The molecule has 130 valence electrons. The molecule has 1 aromatic carbocycles. The number of hydrogen-bond acceptors (Lipinski definition) is 3. The van der Waals surface area contributed by atoms with Crippen LogP contribution in [0.5, 0.6) is 0 Å². The highest BCUT2D eigenvalue weighted by atomic mass is 127. The molecule has 0 aromatic heterocycles. The second-order valence-electron chi connectivity index (χ2n) is 5.04. The van der Waals surface area contributed by atoms with Gasteiger partial charge >= 0.3 is 0 Å². The first kappa shape index (κ1) is 20.3. The lowest BCUT2D eigenvalue weighted by molar-refractivity contribution is 0.371. The molecule has 0 atom stereocenters. The standard InChI is InChI=1S/C15H22F2N4S.HI/c1-18-15(19-5-10-22-2)21-8-6-20(7-9-21)14-11-12(16)3-4-13(14)17;/h3-4,11H,5-10H2,1-2H3,(H,18,19);1H. The maximum absolute atomic E-state index is 13.8. The lowest BCUT2D eigenvalue weighted by atomic mass is 10.2. The number of aliphatic imine (C=N–C) groups is 1. The predicted molar refractivity (Wildman–Crippen MR) is 105 cm³/mol. The molecular weight excluding hydrogens is 433 g/mol. The Kier molecular flexibility index (Phi) is 8.96. The van der Waals surface area contributed by atoms with Crippen LogP contribution in [-0.4, -0.2) is 62.6 Å². The van der Waals surface area contributed by atoms with Crippen molar-refractivity contribution in [3.05, 3.63) is 29.8 Å². The van der Waals surface area contributed by atoms with Crippen molar-refractivity contribution in [3.63, 3.8) is 0 Å². The number of nitrogens with one attached hydrogen (secondary N) is 1. The van der Waals surface area contributed by atoms with Crippen molar-refractivity contribution in [2.75, 3.05) is 56.7 Å². The quantitative estimate of drug-likeness (QED) is 0.327. The first-order valence-electron chi connectivity index (χ1n) is 7.30. The maximum atomic E-state index is 13.8. The van der Waals surface area contributed by atoms with Crippen LogP contribution in [-0.2, 0) is 0 Å². The van der Waals surface area contributed by atoms with Gasteiger partial charge in [0.15, 0.2) is 5.96 Å². The molecule has 0 spiro atoms. The van der Waals surface area contributed by atoms with Crippen LogP contribution in [0.1, 0.15) is 0 Å². The van der Waals surface area contributed by atoms with Crippen molar-refractivity contribution in [1.82, 2.24) is 10.2 Å². The van der Waals surface area contributed by atoms with E-state index in [0.717, 1.165) is 37.4 Å². The highest BCUT2D eigenvalue weighted by Gasteiger charge is 2.21. The molecule has 0 radical (unpaired) electrons. The van der Waals surface area contributed by atoms with E-state index in [1.165, 1.54) is 12.1 Å². The average molecular weight is 456 g/mol. The molecule has 0 unspecified atom stereocenters. The van der Waals surface area contributed by atoms with Gasteiger partial charge in [-0.2, -0.15) is 11.8 Å². The zero-order valence-corrected chi connectivity index (χ0v) is 16.5. The molecule has 0 bridgehead atoms. The van der Waals surface area contributed by atoms with Gasteiger partial charge in [0.1, 0.15) is 11.6 Å². The lowest BCUT2D eigenvalue weighted by Crippen LogP contribution is -2.53. The Labute approximate surface area is 157 Å². The minimum Gasteiger partial charge on any atom is -0.366 e. The van der Waals surface area contributed by atoms with Gasteiger partial charge < -0.3 is 15.1 Å². The summed E-state index contributed by atoms with van der Waals surface area (Å²) < 4.78 is 27.1. The van der Waals surface area contributed by atoms with Gasteiger partial charge in [0.2, 0.25) is 0 Å². The van der Waals surface area contributed by atoms with Crippen molar-refractivity contribution >= 4 is 47.4 Å². The van der Waals surface area contributed by atoms with Gasteiger partial charge in [-0.05, 0) is 18.4 Å². The first-order valence-corrected chi connectivity index (χ1v) is 8.69. The van der Waals surface area contributed by atoms with E-state index >= 15 is 0 Å². The van der Waals surface area contributed by atoms with Crippen LogP contribution in [0.2, 0.25) is 0 Å². The molecule has 1 aliphatic rings. The van der Waals surface area contributed by atoms with Crippen molar-refractivity contribution in [1.29, 1.82) is 0 Å². The Bertz CT molecular complexity index is 522. The van der Waals surface area contributed by atoms with Crippen LogP contribution < -0.4 is 10.2 Å². The molecule has 1 saturated heterocycles. The molecule has 4 nitrogen and oxygen atoms in total. The third-order valence-electron chi connectivity index (χ3n) is 3.63. The average Bonchev–Trinajstić information content (AvgIpc) is 2.54. The van der Waals surface area contributed by atoms with Gasteiger partial charge in [-0.1, -0.05) is 0 Å². The Morgan fingerprint density at radius 1 is 1.26 bits per heavy atom. The number of piperazine rings is 1. The summed E-state index contributed by atoms with van der Waals surface area (Å²) in [5.41, 5.74) is 0.338. The third-order valence-corrected chi connectivity index (χ3v) is 4.24. The van der Waals surface area contributed by atoms with Gasteiger partial charge in [-0.25, -0.2) is 8.78 Å². The number of thioether (sulfide) groups is 1. The van der Waals surface area contributed by atoms with E-state index in [2.05, 4.69) is 21.5 Å². The molecule has 0 amide bonds. The Morgan fingerprint density at radius 3 is 2.57 bits per heavy atom. The van der Waals surface area contributed by atoms with E-state index in [9.17, 15) is 8.78 Å². The van der Waals surface area contributed by atoms with Crippen LogP contribution in [0.15, 0.2) is 23.2 Å². The minimum atomic E-state index is -0.409. The van der Waals surface area contributed by atoms with E-state index in [4.69, 9.17) is 0 Å². The molecule has 1 fully saturated rings. The summed E-state index contributed by atoms with van der Waals surface area (Å²) in [6, 6.07) is 3.59. The van der Waals surface area contributed by atoms with Gasteiger partial charge in [0.05, 0.1) is 5.69 Å². The highest BCUT2D eigenvalue weighted by molar-refractivity contribution is 14.0.